The maximum Gasteiger partial charge on any atom is 0.419 e. The number of rotatable bonds is 7. The zero-order chi connectivity index (χ0) is 20.9. The topological polar surface area (TPSA) is 9.23 Å². The summed E-state index contributed by atoms with van der Waals surface area (Å²) < 4.78 is 58.3. The van der Waals surface area contributed by atoms with Crippen LogP contribution in [0.15, 0.2) is 48.5 Å². The van der Waals surface area contributed by atoms with Crippen LogP contribution in [0.3, 0.4) is 0 Å². The van der Waals surface area contributed by atoms with Crippen LogP contribution < -0.4 is 4.74 Å². The Kier molecular flexibility index (Phi) is 7.20. The smallest absolute Gasteiger partial charge is 0.419 e. The van der Waals surface area contributed by atoms with Gasteiger partial charge in [-0.15, -0.1) is 0 Å². The van der Waals surface area contributed by atoms with Crippen molar-refractivity contribution in [1.82, 2.24) is 0 Å². The molecular formula is C24H28F4O. The van der Waals surface area contributed by atoms with E-state index >= 15 is 0 Å². The zero-order valence-corrected chi connectivity index (χ0v) is 16.7. The van der Waals surface area contributed by atoms with Crippen LogP contribution in [-0.4, -0.2) is 0 Å². The molecule has 0 bridgehead atoms. The first-order valence-corrected chi connectivity index (χ1v) is 10.4. The molecule has 1 unspecified atom stereocenters. The molecule has 0 aliphatic heterocycles. The van der Waals surface area contributed by atoms with Crippen LogP contribution >= 0.6 is 0 Å². The van der Waals surface area contributed by atoms with Crippen molar-refractivity contribution >= 4 is 0 Å². The van der Waals surface area contributed by atoms with Crippen molar-refractivity contribution in [2.45, 2.75) is 64.1 Å². The summed E-state index contributed by atoms with van der Waals surface area (Å²) in [5.74, 6) is 0.304. The van der Waals surface area contributed by atoms with Gasteiger partial charge in [-0.1, -0.05) is 69.4 Å². The highest BCUT2D eigenvalue weighted by atomic mass is 19.4. The standard InChI is InChI=1S/C24H28F4O/c1-2-17-8-10-18(11-9-17)12-15-23(19-6-4-3-5-7-19)29-20-13-14-21(22(25)16-20)24(26,27)28/h3-7,13-14,16-18,23H,2,8-12,15H2,1H3. The molecule has 0 spiro atoms. The first-order valence-electron chi connectivity index (χ1n) is 10.4. The molecule has 0 radical (unpaired) electrons. The van der Waals surface area contributed by atoms with Gasteiger partial charge in [-0.05, 0) is 42.4 Å². The fourth-order valence-corrected chi connectivity index (χ4v) is 4.24. The van der Waals surface area contributed by atoms with Crippen molar-refractivity contribution in [1.29, 1.82) is 0 Å². The predicted octanol–water partition coefficient (Wildman–Crippen LogP) is 7.96. The minimum Gasteiger partial charge on any atom is -0.486 e. The van der Waals surface area contributed by atoms with Crippen molar-refractivity contribution in [2.24, 2.45) is 11.8 Å². The van der Waals surface area contributed by atoms with Gasteiger partial charge in [0.1, 0.15) is 17.7 Å². The average molecular weight is 408 g/mol. The number of ether oxygens (including phenoxy) is 1. The van der Waals surface area contributed by atoms with E-state index in [2.05, 4.69) is 6.92 Å². The third-order valence-corrected chi connectivity index (χ3v) is 6.08. The SMILES string of the molecule is CCC1CCC(CCC(Oc2ccc(C(F)(F)F)c(F)c2)c2ccccc2)CC1. The number of halogens is 4. The largest absolute Gasteiger partial charge is 0.486 e. The quantitative estimate of drug-likeness (QED) is 0.422. The summed E-state index contributed by atoms with van der Waals surface area (Å²) in [5, 5.41) is 0. The van der Waals surface area contributed by atoms with Crippen molar-refractivity contribution in [2.75, 3.05) is 0 Å². The molecule has 2 aromatic carbocycles. The van der Waals surface area contributed by atoms with Gasteiger partial charge < -0.3 is 4.74 Å². The van der Waals surface area contributed by atoms with Crippen LogP contribution in [0.2, 0.25) is 0 Å². The highest BCUT2D eigenvalue weighted by Crippen LogP contribution is 2.37. The lowest BCUT2D eigenvalue weighted by molar-refractivity contribution is -0.140. The van der Waals surface area contributed by atoms with E-state index < -0.39 is 17.6 Å². The lowest BCUT2D eigenvalue weighted by atomic mass is 9.78. The first-order chi connectivity index (χ1) is 13.9. The van der Waals surface area contributed by atoms with Gasteiger partial charge in [-0.2, -0.15) is 13.2 Å². The van der Waals surface area contributed by atoms with Crippen molar-refractivity contribution in [3.8, 4) is 5.75 Å². The molecule has 0 amide bonds. The lowest BCUT2D eigenvalue weighted by Crippen LogP contribution is -2.16. The molecule has 1 fully saturated rings. The second kappa shape index (κ2) is 9.64. The molecule has 3 rings (SSSR count). The van der Waals surface area contributed by atoms with Gasteiger partial charge in [0.15, 0.2) is 0 Å². The maximum absolute atomic E-state index is 13.9. The highest BCUT2D eigenvalue weighted by molar-refractivity contribution is 5.31. The molecule has 1 saturated carbocycles. The Hall–Kier alpha value is -2.04. The second-order valence-corrected chi connectivity index (χ2v) is 8.03. The Morgan fingerprint density at radius 3 is 2.21 bits per heavy atom. The van der Waals surface area contributed by atoms with Crippen LogP contribution in [0, 0.1) is 17.7 Å². The van der Waals surface area contributed by atoms with Crippen molar-refractivity contribution < 1.29 is 22.3 Å². The predicted molar refractivity (Wildman–Crippen MR) is 106 cm³/mol. The van der Waals surface area contributed by atoms with E-state index in [1.807, 2.05) is 30.3 Å². The monoisotopic (exact) mass is 408 g/mol. The van der Waals surface area contributed by atoms with Crippen LogP contribution in [0.25, 0.3) is 0 Å². The molecule has 2 aromatic rings. The number of benzene rings is 2. The Morgan fingerprint density at radius 2 is 1.62 bits per heavy atom. The molecule has 1 aliphatic carbocycles. The van der Waals surface area contributed by atoms with E-state index in [-0.39, 0.29) is 11.9 Å². The summed E-state index contributed by atoms with van der Waals surface area (Å²) in [7, 11) is 0. The minimum absolute atomic E-state index is 0.124. The third kappa shape index (κ3) is 5.97. The van der Waals surface area contributed by atoms with E-state index in [1.54, 1.807) is 0 Å². The van der Waals surface area contributed by atoms with Gasteiger partial charge in [0.2, 0.25) is 0 Å². The summed E-state index contributed by atoms with van der Waals surface area (Å²) in [6.45, 7) is 2.24. The first kappa shape index (κ1) is 21.7. The molecule has 0 aromatic heterocycles. The number of hydrogen-bond donors (Lipinski definition) is 0. The van der Waals surface area contributed by atoms with Gasteiger partial charge in [0, 0.05) is 6.07 Å². The number of hydrogen-bond acceptors (Lipinski definition) is 1. The average Bonchev–Trinajstić information content (AvgIpc) is 2.71. The normalized spacial score (nSPS) is 21.0. The molecule has 1 aliphatic rings. The summed E-state index contributed by atoms with van der Waals surface area (Å²) in [6, 6.07) is 12.4. The van der Waals surface area contributed by atoms with E-state index in [0.717, 1.165) is 36.5 Å². The van der Waals surface area contributed by atoms with Gasteiger partial charge >= 0.3 is 6.18 Å². The molecule has 5 heteroatoms. The fourth-order valence-electron chi connectivity index (χ4n) is 4.24. The molecule has 0 saturated heterocycles. The molecular weight excluding hydrogens is 380 g/mol. The maximum atomic E-state index is 13.9. The Bertz CT molecular complexity index is 764. The molecule has 0 N–H and O–H groups in total. The van der Waals surface area contributed by atoms with Gasteiger partial charge in [0.25, 0.3) is 0 Å². The van der Waals surface area contributed by atoms with Crippen molar-refractivity contribution in [3.05, 3.63) is 65.5 Å². The summed E-state index contributed by atoms with van der Waals surface area (Å²) in [6.07, 6.45) is 2.94. The van der Waals surface area contributed by atoms with Gasteiger partial charge in [0.05, 0.1) is 5.56 Å². The van der Waals surface area contributed by atoms with Gasteiger partial charge in [-0.3, -0.25) is 0 Å². The molecule has 29 heavy (non-hydrogen) atoms. The Morgan fingerprint density at radius 1 is 0.966 bits per heavy atom. The molecule has 1 nitrogen and oxygen atoms in total. The van der Waals surface area contributed by atoms with Crippen LogP contribution in [0.1, 0.15) is 69.1 Å². The van der Waals surface area contributed by atoms with Crippen LogP contribution in [0.4, 0.5) is 17.6 Å². The highest BCUT2D eigenvalue weighted by Gasteiger charge is 2.34. The van der Waals surface area contributed by atoms with Crippen molar-refractivity contribution in [3.63, 3.8) is 0 Å². The van der Waals surface area contributed by atoms with Crippen LogP contribution in [-0.2, 0) is 6.18 Å². The number of alkyl halides is 3. The van der Waals surface area contributed by atoms with Gasteiger partial charge in [-0.25, -0.2) is 4.39 Å². The summed E-state index contributed by atoms with van der Waals surface area (Å²) in [4.78, 5) is 0. The summed E-state index contributed by atoms with van der Waals surface area (Å²) in [5.41, 5.74) is -0.316. The van der Waals surface area contributed by atoms with E-state index in [1.165, 1.54) is 38.2 Å². The van der Waals surface area contributed by atoms with E-state index in [9.17, 15) is 17.6 Å². The van der Waals surface area contributed by atoms with Crippen LogP contribution in [0.5, 0.6) is 5.75 Å². The van der Waals surface area contributed by atoms with E-state index in [4.69, 9.17) is 4.74 Å². The Labute approximate surface area is 170 Å². The fraction of sp³-hybridized carbons (Fsp3) is 0.500. The zero-order valence-electron chi connectivity index (χ0n) is 16.7. The molecule has 158 valence electrons. The Balaban J connectivity index is 1.69. The minimum atomic E-state index is -4.71. The lowest BCUT2D eigenvalue weighted by Gasteiger charge is -2.29. The molecule has 1 atom stereocenters. The summed E-state index contributed by atoms with van der Waals surface area (Å²) >= 11 is 0. The molecule has 0 heterocycles. The van der Waals surface area contributed by atoms with E-state index in [0.29, 0.717) is 5.92 Å². The third-order valence-electron chi connectivity index (χ3n) is 6.08. The second-order valence-electron chi connectivity index (χ2n) is 8.03.